The summed E-state index contributed by atoms with van der Waals surface area (Å²) < 4.78 is 27.2. The summed E-state index contributed by atoms with van der Waals surface area (Å²) >= 11 is 0. The van der Waals surface area contributed by atoms with Crippen LogP contribution in [0.1, 0.15) is 115 Å². The van der Waals surface area contributed by atoms with E-state index in [1.807, 2.05) is 30.3 Å². The topological polar surface area (TPSA) is 85.2 Å². The number of hydrogen-bond acceptors (Lipinski definition) is 4. The lowest BCUT2D eigenvalue weighted by Crippen LogP contribution is -2.25. The molecule has 0 aromatic heterocycles. The van der Waals surface area contributed by atoms with E-state index < -0.39 is 13.9 Å². The minimum atomic E-state index is -4.52. The molecule has 0 heterocycles. The van der Waals surface area contributed by atoms with Gasteiger partial charge in [0.2, 0.25) is 0 Å². The molecule has 6 nitrogen and oxygen atoms in total. The quantitative estimate of drug-likeness (QED) is 0.102. The average Bonchev–Trinajstić information content (AvgIpc) is 2.84. The zero-order valence-electron chi connectivity index (χ0n) is 22.1. The fourth-order valence-electron chi connectivity index (χ4n) is 4.11. The van der Waals surface area contributed by atoms with Crippen LogP contribution in [0.25, 0.3) is 0 Å². The molecule has 0 saturated heterocycles. The molecular formula is C28H51O6P. The second kappa shape index (κ2) is 22.4. The molecule has 7 heteroatoms. The minimum Gasteiger partial charge on any atom is -0.374 e. The number of ether oxygens (including phenoxy) is 2. The molecule has 1 rings (SSSR count). The van der Waals surface area contributed by atoms with Crippen LogP contribution >= 0.6 is 7.82 Å². The fraction of sp³-hybridized carbons (Fsp3) is 0.786. The van der Waals surface area contributed by atoms with E-state index in [1.54, 1.807) is 0 Å². The van der Waals surface area contributed by atoms with E-state index in [-0.39, 0.29) is 13.2 Å². The summed E-state index contributed by atoms with van der Waals surface area (Å²) in [6.45, 7) is 3.29. The Kier molecular flexibility index (Phi) is 20.7. The first-order valence-corrected chi connectivity index (χ1v) is 15.5. The Bertz CT molecular complexity index is 621. The largest absolute Gasteiger partial charge is 0.469 e. The Morgan fingerprint density at radius 1 is 0.714 bits per heavy atom. The SMILES string of the molecule is CCCCCCCCCCCCCCCCCCO[C@H](COCc1ccccc1)COP(=O)(O)O. The zero-order valence-corrected chi connectivity index (χ0v) is 23.0. The van der Waals surface area contributed by atoms with Gasteiger partial charge in [0.25, 0.3) is 0 Å². The van der Waals surface area contributed by atoms with Crippen LogP contribution in [0.5, 0.6) is 0 Å². The monoisotopic (exact) mass is 514 g/mol. The van der Waals surface area contributed by atoms with E-state index in [2.05, 4.69) is 11.4 Å². The van der Waals surface area contributed by atoms with Crippen LogP contribution in [0.2, 0.25) is 0 Å². The number of benzene rings is 1. The van der Waals surface area contributed by atoms with Crippen molar-refractivity contribution in [1.29, 1.82) is 0 Å². The molecule has 0 aliphatic heterocycles. The maximum Gasteiger partial charge on any atom is 0.469 e. The van der Waals surface area contributed by atoms with Crippen LogP contribution < -0.4 is 0 Å². The number of hydrogen-bond donors (Lipinski definition) is 2. The van der Waals surface area contributed by atoms with Crippen molar-refractivity contribution in [2.45, 2.75) is 122 Å². The number of rotatable bonds is 25. The van der Waals surface area contributed by atoms with Crippen molar-refractivity contribution in [2.24, 2.45) is 0 Å². The Hall–Kier alpha value is -0.750. The average molecular weight is 515 g/mol. The van der Waals surface area contributed by atoms with Crippen molar-refractivity contribution >= 4 is 7.82 Å². The van der Waals surface area contributed by atoms with Gasteiger partial charge in [0, 0.05) is 6.61 Å². The van der Waals surface area contributed by atoms with Crippen molar-refractivity contribution in [3.05, 3.63) is 35.9 Å². The second-order valence-corrected chi connectivity index (χ2v) is 10.8. The number of phosphoric ester groups is 1. The van der Waals surface area contributed by atoms with Crippen LogP contribution in [0.4, 0.5) is 0 Å². The third-order valence-corrected chi connectivity index (χ3v) is 6.68. The molecule has 0 aliphatic rings. The third kappa shape index (κ3) is 22.2. The lowest BCUT2D eigenvalue weighted by molar-refractivity contribution is -0.0464. The Labute approximate surface area is 214 Å². The standard InChI is InChI=1S/C28H51O6P/c1-2-3-4-5-6-7-8-9-10-11-12-13-14-15-16-20-23-33-28(26-34-35(29,30)31)25-32-24-27-21-18-17-19-22-27/h17-19,21-22,28H,2-16,20,23-26H2,1H3,(H2,29,30,31)/t28-/m1/s1. The van der Waals surface area contributed by atoms with Crippen LogP contribution in [0, 0.1) is 0 Å². The van der Waals surface area contributed by atoms with E-state index in [0.29, 0.717) is 13.2 Å². The molecule has 0 radical (unpaired) electrons. The maximum atomic E-state index is 11.0. The molecule has 0 bridgehead atoms. The molecule has 0 fully saturated rings. The van der Waals surface area contributed by atoms with Gasteiger partial charge in [0.1, 0.15) is 6.10 Å². The van der Waals surface area contributed by atoms with Gasteiger partial charge in [0.15, 0.2) is 0 Å². The van der Waals surface area contributed by atoms with Crippen molar-refractivity contribution in [1.82, 2.24) is 0 Å². The molecule has 2 N–H and O–H groups in total. The third-order valence-electron chi connectivity index (χ3n) is 6.20. The van der Waals surface area contributed by atoms with E-state index >= 15 is 0 Å². The van der Waals surface area contributed by atoms with E-state index in [1.165, 1.54) is 89.9 Å². The van der Waals surface area contributed by atoms with Gasteiger partial charge in [-0.1, -0.05) is 134 Å². The van der Waals surface area contributed by atoms with Gasteiger partial charge in [-0.3, -0.25) is 4.52 Å². The summed E-state index contributed by atoms with van der Waals surface area (Å²) in [5.74, 6) is 0. The molecule has 0 saturated carbocycles. The predicted octanol–water partition coefficient (Wildman–Crippen LogP) is 7.96. The second-order valence-electron chi connectivity index (χ2n) is 9.58. The van der Waals surface area contributed by atoms with E-state index in [9.17, 15) is 4.57 Å². The predicted molar refractivity (Wildman–Crippen MR) is 143 cm³/mol. The summed E-state index contributed by atoms with van der Waals surface area (Å²) in [4.78, 5) is 18.0. The van der Waals surface area contributed by atoms with Gasteiger partial charge >= 0.3 is 7.82 Å². The van der Waals surface area contributed by atoms with Gasteiger partial charge < -0.3 is 19.3 Å². The molecule has 1 aromatic rings. The van der Waals surface area contributed by atoms with Gasteiger partial charge in [0.05, 0.1) is 19.8 Å². The summed E-state index contributed by atoms with van der Waals surface area (Å²) in [6.07, 6.45) is 20.6. The molecule has 204 valence electrons. The molecule has 0 unspecified atom stereocenters. The highest BCUT2D eigenvalue weighted by Gasteiger charge is 2.19. The Morgan fingerprint density at radius 2 is 1.20 bits per heavy atom. The lowest BCUT2D eigenvalue weighted by atomic mass is 10.0. The molecule has 0 aliphatic carbocycles. The smallest absolute Gasteiger partial charge is 0.374 e. The van der Waals surface area contributed by atoms with Crippen LogP contribution in [-0.2, 0) is 25.2 Å². The Morgan fingerprint density at radius 3 is 1.69 bits per heavy atom. The highest BCUT2D eigenvalue weighted by atomic mass is 31.2. The number of phosphoric acid groups is 1. The van der Waals surface area contributed by atoms with Crippen LogP contribution in [-0.4, -0.2) is 35.7 Å². The van der Waals surface area contributed by atoms with Gasteiger partial charge in [-0.25, -0.2) is 4.57 Å². The highest BCUT2D eigenvalue weighted by molar-refractivity contribution is 7.46. The summed E-state index contributed by atoms with van der Waals surface area (Å²) in [5.41, 5.74) is 1.04. The lowest BCUT2D eigenvalue weighted by Gasteiger charge is -2.18. The first-order valence-electron chi connectivity index (χ1n) is 13.9. The molecule has 0 spiro atoms. The van der Waals surface area contributed by atoms with E-state index in [0.717, 1.165) is 18.4 Å². The molecule has 1 aromatic carbocycles. The normalized spacial score (nSPS) is 12.8. The van der Waals surface area contributed by atoms with Gasteiger partial charge in [-0.15, -0.1) is 0 Å². The molecule has 1 atom stereocenters. The molecule has 35 heavy (non-hydrogen) atoms. The first kappa shape index (κ1) is 32.3. The van der Waals surface area contributed by atoms with Crippen molar-refractivity contribution < 1.29 is 28.3 Å². The number of unbranched alkanes of at least 4 members (excludes halogenated alkanes) is 15. The van der Waals surface area contributed by atoms with Crippen molar-refractivity contribution in [2.75, 3.05) is 19.8 Å². The minimum absolute atomic E-state index is 0.183. The summed E-state index contributed by atoms with van der Waals surface area (Å²) in [7, 11) is -4.52. The highest BCUT2D eigenvalue weighted by Crippen LogP contribution is 2.35. The zero-order chi connectivity index (χ0) is 25.5. The van der Waals surface area contributed by atoms with Crippen LogP contribution in [0.15, 0.2) is 30.3 Å². The fourth-order valence-corrected chi connectivity index (χ4v) is 4.47. The molecular weight excluding hydrogens is 463 g/mol. The summed E-state index contributed by atoms with van der Waals surface area (Å²) in [6, 6.07) is 9.78. The first-order chi connectivity index (χ1) is 17.0. The van der Waals surface area contributed by atoms with Gasteiger partial charge in [-0.2, -0.15) is 0 Å². The van der Waals surface area contributed by atoms with Gasteiger partial charge in [-0.05, 0) is 12.0 Å². The maximum absolute atomic E-state index is 11.0. The summed E-state index contributed by atoms with van der Waals surface area (Å²) in [5, 5.41) is 0. The van der Waals surface area contributed by atoms with Crippen LogP contribution in [0.3, 0.4) is 0 Å². The van der Waals surface area contributed by atoms with E-state index in [4.69, 9.17) is 19.3 Å². The van der Waals surface area contributed by atoms with Crippen molar-refractivity contribution in [3.63, 3.8) is 0 Å². The molecule has 0 amide bonds. The van der Waals surface area contributed by atoms with Crippen molar-refractivity contribution in [3.8, 4) is 0 Å². The Balaban J connectivity index is 1.98.